The van der Waals surface area contributed by atoms with Crippen molar-refractivity contribution in [1.82, 2.24) is 9.80 Å². The third kappa shape index (κ3) is 4.03. The first-order chi connectivity index (χ1) is 12.4. The summed E-state index contributed by atoms with van der Waals surface area (Å²) in [6, 6.07) is 2.90. The molecule has 2 heterocycles. The Morgan fingerprint density at radius 2 is 1.92 bits per heavy atom. The van der Waals surface area contributed by atoms with E-state index in [0.717, 1.165) is 37.5 Å². The standard InChI is InChI=1S/C19H24F2N2O3/c1-26-8-7-22-12-19(5-3-17(22)24)4-2-6-23(13-19)18(25)14-9-15(20)11-16(21)10-14/h9-11H,2-8,12-13H2,1H3/t19-/m0/s1. The number of rotatable bonds is 4. The number of halogens is 2. The summed E-state index contributed by atoms with van der Waals surface area (Å²) in [5.74, 6) is -1.76. The van der Waals surface area contributed by atoms with Crippen LogP contribution in [0.15, 0.2) is 18.2 Å². The normalized spacial score (nSPS) is 23.6. The van der Waals surface area contributed by atoms with Crippen LogP contribution in [0.2, 0.25) is 0 Å². The molecule has 1 aromatic rings. The molecule has 2 aliphatic rings. The molecule has 0 saturated carbocycles. The van der Waals surface area contributed by atoms with E-state index in [4.69, 9.17) is 4.74 Å². The van der Waals surface area contributed by atoms with Crippen LogP contribution in [0, 0.1) is 17.0 Å². The monoisotopic (exact) mass is 366 g/mol. The fraction of sp³-hybridized carbons (Fsp3) is 0.579. The zero-order valence-electron chi connectivity index (χ0n) is 15.0. The average molecular weight is 366 g/mol. The van der Waals surface area contributed by atoms with E-state index in [2.05, 4.69) is 0 Å². The van der Waals surface area contributed by atoms with Crippen LogP contribution in [0.1, 0.15) is 36.0 Å². The number of hydrogen-bond donors (Lipinski definition) is 0. The second kappa shape index (κ2) is 7.70. The molecule has 26 heavy (non-hydrogen) atoms. The Balaban J connectivity index is 1.73. The average Bonchev–Trinajstić information content (AvgIpc) is 2.61. The molecule has 1 aromatic carbocycles. The number of benzene rings is 1. The number of nitrogens with zero attached hydrogens (tertiary/aromatic N) is 2. The Morgan fingerprint density at radius 1 is 1.19 bits per heavy atom. The van der Waals surface area contributed by atoms with Crippen molar-refractivity contribution in [2.75, 3.05) is 39.9 Å². The molecule has 2 aliphatic heterocycles. The Labute approximate surface area is 151 Å². The lowest BCUT2D eigenvalue weighted by Gasteiger charge is -2.48. The summed E-state index contributed by atoms with van der Waals surface area (Å²) in [6.07, 6.45) is 2.94. The highest BCUT2D eigenvalue weighted by Crippen LogP contribution is 2.39. The minimum atomic E-state index is -0.755. The molecule has 2 saturated heterocycles. The van der Waals surface area contributed by atoms with Crippen LogP contribution in [-0.4, -0.2) is 61.5 Å². The van der Waals surface area contributed by atoms with E-state index in [1.807, 2.05) is 4.90 Å². The predicted octanol–water partition coefficient (Wildman–Crippen LogP) is 2.46. The van der Waals surface area contributed by atoms with Crippen LogP contribution in [0.4, 0.5) is 8.78 Å². The van der Waals surface area contributed by atoms with E-state index in [1.54, 1.807) is 12.0 Å². The van der Waals surface area contributed by atoms with E-state index in [0.29, 0.717) is 39.2 Å². The van der Waals surface area contributed by atoms with Crippen molar-refractivity contribution in [2.45, 2.75) is 25.7 Å². The predicted molar refractivity (Wildman–Crippen MR) is 91.6 cm³/mol. The number of ether oxygens (including phenoxy) is 1. The molecule has 7 heteroatoms. The van der Waals surface area contributed by atoms with E-state index in [-0.39, 0.29) is 22.8 Å². The molecule has 0 radical (unpaired) electrons. The van der Waals surface area contributed by atoms with Gasteiger partial charge in [-0.25, -0.2) is 8.78 Å². The summed E-state index contributed by atoms with van der Waals surface area (Å²) < 4.78 is 32.0. The fourth-order valence-electron chi connectivity index (χ4n) is 4.08. The lowest BCUT2D eigenvalue weighted by atomic mass is 9.73. The van der Waals surface area contributed by atoms with Crippen LogP contribution in [-0.2, 0) is 9.53 Å². The minimum absolute atomic E-state index is 0.0303. The molecular formula is C19H24F2N2O3. The zero-order valence-corrected chi connectivity index (χ0v) is 15.0. The highest BCUT2D eigenvalue weighted by Gasteiger charge is 2.42. The van der Waals surface area contributed by atoms with Gasteiger partial charge in [0.2, 0.25) is 5.91 Å². The van der Waals surface area contributed by atoms with Crippen molar-refractivity contribution >= 4 is 11.8 Å². The van der Waals surface area contributed by atoms with Gasteiger partial charge in [0.05, 0.1) is 6.61 Å². The topological polar surface area (TPSA) is 49.9 Å². The number of methoxy groups -OCH3 is 1. The van der Waals surface area contributed by atoms with Crippen molar-refractivity contribution < 1.29 is 23.1 Å². The minimum Gasteiger partial charge on any atom is -0.383 e. The van der Waals surface area contributed by atoms with Crippen molar-refractivity contribution in [2.24, 2.45) is 5.41 Å². The molecule has 2 amide bonds. The second-order valence-corrected chi connectivity index (χ2v) is 7.30. The number of hydrogen-bond acceptors (Lipinski definition) is 3. The van der Waals surface area contributed by atoms with Gasteiger partial charge in [-0.05, 0) is 31.4 Å². The Bertz CT molecular complexity index is 677. The van der Waals surface area contributed by atoms with Gasteiger partial charge in [-0.1, -0.05) is 0 Å². The SMILES string of the molecule is COCCN1C[C@]2(CCCN(C(=O)c3cc(F)cc(F)c3)C2)CCC1=O. The molecule has 1 atom stereocenters. The first-order valence-electron chi connectivity index (χ1n) is 8.95. The quantitative estimate of drug-likeness (QED) is 0.823. The largest absolute Gasteiger partial charge is 0.383 e. The molecule has 0 aromatic heterocycles. The smallest absolute Gasteiger partial charge is 0.254 e. The molecule has 2 fully saturated rings. The van der Waals surface area contributed by atoms with Gasteiger partial charge < -0.3 is 14.5 Å². The van der Waals surface area contributed by atoms with E-state index in [1.165, 1.54) is 0 Å². The van der Waals surface area contributed by atoms with Gasteiger partial charge in [0.15, 0.2) is 0 Å². The van der Waals surface area contributed by atoms with Crippen LogP contribution >= 0.6 is 0 Å². The Kier molecular flexibility index (Phi) is 5.55. The van der Waals surface area contributed by atoms with Crippen molar-refractivity contribution in [3.63, 3.8) is 0 Å². The fourth-order valence-corrected chi connectivity index (χ4v) is 4.08. The summed E-state index contributed by atoms with van der Waals surface area (Å²) in [6.45, 7) is 2.68. The summed E-state index contributed by atoms with van der Waals surface area (Å²) in [7, 11) is 1.60. The second-order valence-electron chi connectivity index (χ2n) is 7.30. The van der Waals surface area contributed by atoms with Gasteiger partial charge in [-0.3, -0.25) is 9.59 Å². The lowest BCUT2D eigenvalue weighted by molar-refractivity contribution is -0.139. The molecule has 0 bridgehead atoms. The maximum Gasteiger partial charge on any atom is 0.254 e. The molecule has 0 N–H and O–H groups in total. The van der Waals surface area contributed by atoms with Gasteiger partial charge in [0.25, 0.3) is 5.91 Å². The molecule has 1 spiro atoms. The van der Waals surface area contributed by atoms with Gasteiger partial charge in [0.1, 0.15) is 11.6 Å². The summed E-state index contributed by atoms with van der Waals surface area (Å²) in [5, 5.41) is 0. The third-order valence-electron chi connectivity index (χ3n) is 5.37. The summed E-state index contributed by atoms with van der Waals surface area (Å²) >= 11 is 0. The van der Waals surface area contributed by atoms with E-state index >= 15 is 0 Å². The lowest BCUT2D eigenvalue weighted by Crippen LogP contribution is -2.55. The summed E-state index contributed by atoms with van der Waals surface area (Å²) in [5.41, 5.74) is -0.121. The molecular weight excluding hydrogens is 342 g/mol. The van der Waals surface area contributed by atoms with Gasteiger partial charge >= 0.3 is 0 Å². The Morgan fingerprint density at radius 3 is 2.62 bits per heavy atom. The molecule has 5 nitrogen and oxygen atoms in total. The maximum atomic E-state index is 13.4. The first-order valence-corrected chi connectivity index (χ1v) is 8.95. The van der Waals surface area contributed by atoms with E-state index < -0.39 is 11.6 Å². The van der Waals surface area contributed by atoms with E-state index in [9.17, 15) is 18.4 Å². The summed E-state index contributed by atoms with van der Waals surface area (Å²) in [4.78, 5) is 28.4. The van der Waals surface area contributed by atoms with Gasteiger partial charge in [-0.15, -0.1) is 0 Å². The van der Waals surface area contributed by atoms with Crippen molar-refractivity contribution in [3.05, 3.63) is 35.4 Å². The number of carbonyl (C=O) groups excluding carboxylic acids is 2. The number of likely N-dealkylation sites (tertiary alicyclic amines) is 2. The first kappa shape index (κ1) is 18.8. The number of piperidine rings is 2. The molecule has 0 unspecified atom stereocenters. The van der Waals surface area contributed by atoms with Crippen molar-refractivity contribution in [1.29, 1.82) is 0 Å². The Hall–Kier alpha value is -2.02. The highest BCUT2D eigenvalue weighted by molar-refractivity contribution is 5.94. The number of carbonyl (C=O) groups is 2. The maximum absolute atomic E-state index is 13.4. The highest BCUT2D eigenvalue weighted by atomic mass is 19.1. The molecule has 142 valence electrons. The molecule has 0 aliphatic carbocycles. The zero-order chi connectivity index (χ0) is 18.7. The van der Waals surface area contributed by atoms with Gasteiger partial charge in [0, 0.05) is 56.8 Å². The van der Waals surface area contributed by atoms with Gasteiger partial charge in [-0.2, -0.15) is 0 Å². The van der Waals surface area contributed by atoms with Crippen LogP contribution < -0.4 is 0 Å². The van der Waals surface area contributed by atoms with Crippen LogP contribution in [0.5, 0.6) is 0 Å². The third-order valence-corrected chi connectivity index (χ3v) is 5.37. The van der Waals surface area contributed by atoms with Crippen molar-refractivity contribution in [3.8, 4) is 0 Å². The van der Waals surface area contributed by atoms with Crippen LogP contribution in [0.3, 0.4) is 0 Å². The number of amides is 2. The molecule has 3 rings (SSSR count). The van der Waals surface area contributed by atoms with Crippen LogP contribution in [0.25, 0.3) is 0 Å².